The highest BCUT2D eigenvalue weighted by Crippen LogP contribution is 2.13. The molecule has 0 spiro atoms. The lowest BCUT2D eigenvalue weighted by molar-refractivity contribution is -0.384. The first kappa shape index (κ1) is 16.3. The fourth-order valence-corrected chi connectivity index (χ4v) is 1.53. The third-order valence-electron chi connectivity index (χ3n) is 2.47. The normalized spacial score (nSPS) is 10.9. The molecule has 0 heterocycles. The second kappa shape index (κ2) is 7.13. The van der Waals surface area contributed by atoms with Crippen LogP contribution < -0.4 is 0 Å². The van der Waals surface area contributed by atoms with Crippen LogP contribution in [0.2, 0.25) is 0 Å². The number of hydrogen-bond donors (Lipinski definition) is 0. The van der Waals surface area contributed by atoms with Gasteiger partial charge in [0.15, 0.2) is 11.5 Å². The molecule has 0 aromatic heterocycles. The van der Waals surface area contributed by atoms with Crippen molar-refractivity contribution in [2.75, 3.05) is 21.2 Å². The number of carbonyl (C=O) groups excluding carboxylic acids is 2. The Morgan fingerprint density at radius 2 is 1.86 bits per heavy atom. The van der Waals surface area contributed by atoms with E-state index in [1.54, 1.807) is 14.1 Å². The summed E-state index contributed by atoms with van der Waals surface area (Å²) in [6.45, 7) is 0. The Balaban J connectivity index is 2.92. The molecule has 8 nitrogen and oxygen atoms in total. The van der Waals surface area contributed by atoms with Crippen molar-refractivity contribution in [2.45, 2.75) is 6.42 Å². The minimum atomic E-state index is -0.695. The molecule has 8 heteroatoms. The van der Waals surface area contributed by atoms with Crippen LogP contribution in [0.15, 0.2) is 29.4 Å². The molecule has 0 aliphatic carbocycles. The van der Waals surface area contributed by atoms with Gasteiger partial charge < -0.3 is 9.75 Å². The summed E-state index contributed by atoms with van der Waals surface area (Å²) < 4.78 is 4.56. The number of methoxy groups -OCH3 is 1. The van der Waals surface area contributed by atoms with E-state index in [9.17, 15) is 19.7 Å². The number of rotatable bonds is 6. The van der Waals surface area contributed by atoms with E-state index in [1.807, 2.05) is 0 Å². The number of nitro benzene ring substituents is 1. The van der Waals surface area contributed by atoms with E-state index in [2.05, 4.69) is 9.84 Å². The molecule has 1 rings (SSSR count). The van der Waals surface area contributed by atoms with E-state index in [-0.39, 0.29) is 29.2 Å². The van der Waals surface area contributed by atoms with Gasteiger partial charge in [-0.2, -0.15) is 5.10 Å². The second-order valence-corrected chi connectivity index (χ2v) is 4.29. The Morgan fingerprint density at radius 1 is 1.29 bits per heavy atom. The standard InChI is InChI=1S/C13H15N3O5/c1-15(2)14-11(13(18)21-3)8-12(17)9-4-6-10(7-5-9)16(19)20/h4-7H,8H2,1-3H3/b14-11-. The third-order valence-corrected chi connectivity index (χ3v) is 2.47. The summed E-state index contributed by atoms with van der Waals surface area (Å²) in [7, 11) is 4.42. The molecule has 1 aromatic rings. The van der Waals surface area contributed by atoms with E-state index in [0.717, 1.165) is 0 Å². The monoisotopic (exact) mass is 293 g/mol. The van der Waals surface area contributed by atoms with Crippen molar-refractivity contribution in [1.29, 1.82) is 0 Å². The van der Waals surface area contributed by atoms with Crippen molar-refractivity contribution in [2.24, 2.45) is 5.10 Å². The molecule has 0 amide bonds. The van der Waals surface area contributed by atoms with Crippen molar-refractivity contribution < 1.29 is 19.2 Å². The van der Waals surface area contributed by atoms with Crippen LogP contribution in [0.25, 0.3) is 0 Å². The predicted molar refractivity (Wildman–Crippen MR) is 75.2 cm³/mol. The minimum Gasteiger partial charge on any atom is -0.464 e. The molecule has 0 aliphatic rings. The molecule has 0 bridgehead atoms. The molecule has 0 unspecified atom stereocenters. The SMILES string of the molecule is COC(=O)/C(CC(=O)c1ccc([N+](=O)[O-])cc1)=N\N(C)C. The number of nitro groups is 1. The Labute approximate surface area is 121 Å². The van der Waals surface area contributed by atoms with Crippen LogP contribution >= 0.6 is 0 Å². The molecule has 0 saturated heterocycles. The first-order valence-electron chi connectivity index (χ1n) is 5.96. The molecule has 0 fully saturated rings. The number of carbonyl (C=O) groups is 2. The lowest BCUT2D eigenvalue weighted by Gasteiger charge is -2.09. The number of non-ortho nitro benzene ring substituents is 1. The summed E-state index contributed by atoms with van der Waals surface area (Å²) in [6.07, 6.45) is -0.247. The number of esters is 1. The lowest BCUT2D eigenvalue weighted by atomic mass is 10.1. The lowest BCUT2D eigenvalue weighted by Crippen LogP contribution is -2.23. The molecule has 0 aliphatic heterocycles. The number of Topliss-reactive ketones (excluding diaryl/α,β-unsaturated/α-hetero) is 1. The maximum Gasteiger partial charge on any atom is 0.354 e. The number of benzene rings is 1. The van der Waals surface area contributed by atoms with Gasteiger partial charge in [-0.1, -0.05) is 0 Å². The van der Waals surface area contributed by atoms with Crippen LogP contribution in [0.5, 0.6) is 0 Å². The summed E-state index contributed by atoms with van der Waals surface area (Å²) in [4.78, 5) is 33.6. The third kappa shape index (κ3) is 4.68. The molecular weight excluding hydrogens is 278 g/mol. The van der Waals surface area contributed by atoms with E-state index < -0.39 is 10.9 Å². The number of ketones is 1. The maximum absolute atomic E-state index is 12.1. The summed E-state index contributed by atoms with van der Waals surface area (Å²) in [5.41, 5.74) is 0.114. The van der Waals surface area contributed by atoms with Crippen molar-refractivity contribution >= 4 is 23.2 Å². The van der Waals surface area contributed by atoms with Crippen molar-refractivity contribution in [3.05, 3.63) is 39.9 Å². The molecule has 0 radical (unpaired) electrons. The summed E-state index contributed by atoms with van der Waals surface area (Å²) in [5.74, 6) is -1.07. The molecular formula is C13H15N3O5. The van der Waals surface area contributed by atoms with Crippen molar-refractivity contribution in [3.63, 3.8) is 0 Å². The van der Waals surface area contributed by atoms with Gasteiger partial charge in [0.05, 0.1) is 18.5 Å². The summed E-state index contributed by atoms with van der Waals surface area (Å²) in [6, 6.07) is 5.14. The van der Waals surface area contributed by atoms with Gasteiger partial charge in [-0.05, 0) is 12.1 Å². The highest BCUT2D eigenvalue weighted by Gasteiger charge is 2.19. The van der Waals surface area contributed by atoms with E-state index in [0.29, 0.717) is 0 Å². The maximum atomic E-state index is 12.1. The molecule has 0 atom stereocenters. The Bertz CT molecular complexity index is 578. The average molecular weight is 293 g/mol. The zero-order chi connectivity index (χ0) is 16.0. The number of ether oxygens (including phenoxy) is 1. The Hall–Kier alpha value is -2.77. The van der Waals surface area contributed by atoms with Gasteiger partial charge in [0.2, 0.25) is 0 Å². The first-order chi connectivity index (χ1) is 9.85. The van der Waals surface area contributed by atoms with Crippen LogP contribution in [0.3, 0.4) is 0 Å². The van der Waals surface area contributed by atoms with E-state index in [4.69, 9.17) is 0 Å². The fourth-order valence-electron chi connectivity index (χ4n) is 1.53. The number of nitrogens with zero attached hydrogens (tertiary/aromatic N) is 3. The summed E-state index contributed by atoms with van der Waals surface area (Å²) in [5, 5.41) is 15.8. The van der Waals surface area contributed by atoms with Gasteiger partial charge >= 0.3 is 5.97 Å². The smallest absolute Gasteiger partial charge is 0.354 e. The van der Waals surface area contributed by atoms with Crippen LogP contribution in [0.4, 0.5) is 5.69 Å². The van der Waals surface area contributed by atoms with Crippen LogP contribution in [0, 0.1) is 10.1 Å². The minimum absolute atomic E-state index is 0.0362. The van der Waals surface area contributed by atoms with Crippen LogP contribution in [0.1, 0.15) is 16.8 Å². The van der Waals surface area contributed by atoms with Crippen LogP contribution in [-0.2, 0) is 9.53 Å². The molecule has 112 valence electrons. The van der Waals surface area contributed by atoms with Crippen LogP contribution in [-0.4, -0.2) is 48.6 Å². The Kier molecular flexibility index (Phi) is 5.53. The van der Waals surface area contributed by atoms with Gasteiger partial charge in [-0.15, -0.1) is 0 Å². The van der Waals surface area contributed by atoms with Crippen molar-refractivity contribution in [1.82, 2.24) is 5.01 Å². The first-order valence-corrected chi connectivity index (χ1v) is 5.96. The highest BCUT2D eigenvalue weighted by atomic mass is 16.6. The second-order valence-electron chi connectivity index (χ2n) is 4.29. The molecule has 1 aromatic carbocycles. The Morgan fingerprint density at radius 3 is 2.29 bits per heavy atom. The van der Waals surface area contributed by atoms with Gasteiger partial charge in [0, 0.05) is 31.8 Å². The zero-order valence-corrected chi connectivity index (χ0v) is 11.9. The fraction of sp³-hybridized carbons (Fsp3) is 0.308. The zero-order valence-electron chi connectivity index (χ0n) is 11.9. The predicted octanol–water partition coefficient (Wildman–Crippen LogP) is 1.26. The van der Waals surface area contributed by atoms with E-state index >= 15 is 0 Å². The largest absolute Gasteiger partial charge is 0.464 e. The van der Waals surface area contributed by atoms with Gasteiger partial charge in [0.25, 0.3) is 5.69 Å². The van der Waals surface area contributed by atoms with Gasteiger partial charge in [0.1, 0.15) is 0 Å². The quantitative estimate of drug-likeness (QED) is 0.257. The average Bonchev–Trinajstić information content (AvgIpc) is 2.45. The molecule has 0 N–H and O–H groups in total. The molecule has 0 saturated carbocycles. The van der Waals surface area contributed by atoms with Crippen molar-refractivity contribution in [3.8, 4) is 0 Å². The van der Waals surface area contributed by atoms with E-state index in [1.165, 1.54) is 36.4 Å². The van der Waals surface area contributed by atoms with Gasteiger partial charge in [-0.3, -0.25) is 14.9 Å². The topological polar surface area (TPSA) is 102 Å². The summed E-state index contributed by atoms with van der Waals surface area (Å²) >= 11 is 0. The molecule has 21 heavy (non-hydrogen) atoms. The number of hydrazone groups is 1. The number of hydrogen-bond acceptors (Lipinski definition) is 7. The van der Waals surface area contributed by atoms with Gasteiger partial charge in [-0.25, -0.2) is 4.79 Å². The highest BCUT2D eigenvalue weighted by molar-refractivity contribution is 6.40.